The number of amides is 1. The van der Waals surface area contributed by atoms with E-state index in [1.165, 1.54) is 9.25 Å². The molecule has 1 aliphatic heterocycles. The second kappa shape index (κ2) is 10.6. The van der Waals surface area contributed by atoms with Crippen molar-refractivity contribution in [1.82, 2.24) is 19.2 Å². The van der Waals surface area contributed by atoms with Gasteiger partial charge in [-0.25, -0.2) is 0 Å². The molecule has 196 valence electrons. The average molecular weight is 533 g/mol. The third-order valence-electron chi connectivity index (χ3n) is 7.10. The molecule has 8 nitrogen and oxygen atoms in total. The zero-order valence-electron chi connectivity index (χ0n) is 21.4. The van der Waals surface area contributed by atoms with Gasteiger partial charge >= 0.3 is 0 Å². The van der Waals surface area contributed by atoms with Gasteiger partial charge in [-0.15, -0.1) is 0 Å². The summed E-state index contributed by atoms with van der Waals surface area (Å²) in [6.07, 6.45) is 0.900. The van der Waals surface area contributed by atoms with E-state index in [4.69, 9.17) is 11.6 Å². The summed E-state index contributed by atoms with van der Waals surface area (Å²) in [5.41, 5.74) is 2.30. The first kappa shape index (κ1) is 25.9. The lowest BCUT2D eigenvalue weighted by molar-refractivity contribution is 0.0537. The number of pyridine rings is 1. The Morgan fingerprint density at radius 1 is 1.05 bits per heavy atom. The average Bonchev–Trinajstić information content (AvgIpc) is 3.29. The summed E-state index contributed by atoms with van der Waals surface area (Å²) in [6, 6.07) is 16.2. The lowest BCUT2D eigenvalue weighted by Crippen LogP contribution is -2.40. The van der Waals surface area contributed by atoms with E-state index < -0.39 is 0 Å². The first-order valence-corrected chi connectivity index (χ1v) is 13.1. The van der Waals surface area contributed by atoms with Crippen molar-refractivity contribution in [2.45, 2.75) is 38.8 Å². The fraction of sp³-hybridized carbons (Fsp3) is 0.310. The monoisotopic (exact) mass is 532 g/mol. The van der Waals surface area contributed by atoms with Crippen molar-refractivity contribution >= 4 is 34.1 Å². The summed E-state index contributed by atoms with van der Waals surface area (Å²) in [5, 5.41) is 15.9. The highest BCUT2D eigenvalue weighted by Crippen LogP contribution is 2.33. The number of fused-ring (bicyclic) bond motifs is 1. The molecule has 0 unspecified atom stereocenters. The molecule has 1 N–H and O–H groups in total. The standard InChI is InChI=1S/C29H29ClN4O4/c1-3-25(36)27-26(18-7-5-4-6-8-18)23-15-19(30)9-10-22(23)28(37)34(27)17-20-16-24(32(2)31-20)29(38)33-13-11-21(35)12-14-33/h4-10,15-16,21,35H,3,11-14,17H2,1-2H3. The number of hydrogen-bond acceptors (Lipinski definition) is 5. The zero-order valence-corrected chi connectivity index (χ0v) is 22.1. The highest BCUT2D eigenvalue weighted by atomic mass is 35.5. The van der Waals surface area contributed by atoms with Crippen molar-refractivity contribution in [3.05, 3.63) is 87.1 Å². The van der Waals surface area contributed by atoms with Gasteiger partial charge in [0.05, 0.1) is 24.0 Å². The maximum Gasteiger partial charge on any atom is 0.272 e. The molecule has 0 bridgehead atoms. The predicted octanol–water partition coefficient (Wildman–Crippen LogP) is 4.29. The summed E-state index contributed by atoms with van der Waals surface area (Å²) >= 11 is 6.33. The summed E-state index contributed by atoms with van der Waals surface area (Å²) in [5.74, 6) is -0.351. The molecule has 0 spiro atoms. The molecule has 5 rings (SSSR count). The predicted molar refractivity (Wildman–Crippen MR) is 147 cm³/mol. The molecule has 2 aromatic heterocycles. The molecule has 1 amide bonds. The number of carbonyl (C=O) groups is 2. The summed E-state index contributed by atoms with van der Waals surface area (Å²) < 4.78 is 2.98. The Kier molecular flexibility index (Phi) is 7.19. The molecule has 1 saturated heterocycles. The number of nitrogens with zero attached hydrogens (tertiary/aromatic N) is 4. The van der Waals surface area contributed by atoms with Crippen LogP contribution < -0.4 is 5.56 Å². The van der Waals surface area contributed by atoms with Crippen molar-refractivity contribution in [3.63, 3.8) is 0 Å². The van der Waals surface area contributed by atoms with Crippen LogP contribution in [0.15, 0.2) is 59.4 Å². The van der Waals surface area contributed by atoms with Crippen LogP contribution in [-0.2, 0) is 13.6 Å². The number of benzene rings is 2. The van der Waals surface area contributed by atoms with Crippen LogP contribution in [0.3, 0.4) is 0 Å². The van der Waals surface area contributed by atoms with E-state index in [2.05, 4.69) is 5.10 Å². The first-order chi connectivity index (χ1) is 18.3. The quantitative estimate of drug-likeness (QED) is 0.374. The minimum Gasteiger partial charge on any atom is -0.393 e. The van der Waals surface area contributed by atoms with Gasteiger partial charge in [0, 0.05) is 42.5 Å². The number of ketones is 1. The van der Waals surface area contributed by atoms with E-state index in [1.807, 2.05) is 30.3 Å². The largest absolute Gasteiger partial charge is 0.393 e. The van der Waals surface area contributed by atoms with Gasteiger partial charge in [-0.05, 0) is 48.1 Å². The van der Waals surface area contributed by atoms with Crippen LogP contribution >= 0.6 is 11.6 Å². The molecule has 38 heavy (non-hydrogen) atoms. The molecule has 0 radical (unpaired) electrons. The third kappa shape index (κ3) is 4.77. The minimum absolute atomic E-state index is 0.0259. The maximum absolute atomic E-state index is 13.8. The molecule has 3 heterocycles. The van der Waals surface area contributed by atoms with E-state index in [9.17, 15) is 19.5 Å². The van der Waals surface area contributed by atoms with E-state index >= 15 is 0 Å². The lowest BCUT2D eigenvalue weighted by Gasteiger charge is -2.29. The van der Waals surface area contributed by atoms with Gasteiger partial charge in [-0.3, -0.25) is 23.6 Å². The lowest BCUT2D eigenvalue weighted by atomic mass is 9.94. The number of aliphatic hydroxyl groups is 1. The Labute approximate surface area is 225 Å². The third-order valence-corrected chi connectivity index (χ3v) is 7.34. The highest BCUT2D eigenvalue weighted by molar-refractivity contribution is 6.31. The number of piperidine rings is 1. The summed E-state index contributed by atoms with van der Waals surface area (Å²) in [6.45, 7) is 2.74. The summed E-state index contributed by atoms with van der Waals surface area (Å²) in [4.78, 5) is 42.1. The van der Waals surface area contributed by atoms with Gasteiger partial charge < -0.3 is 10.0 Å². The van der Waals surface area contributed by atoms with Crippen LogP contribution in [0.5, 0.6) is 0 Å². The second-order valence-electron chi connectivity index (χ2n) is 9.62. The number of carbonyl (C=O) groups excluding carboxylic acids is 2. The molecular formula is C29H29ClN4O4. The highest BCUT2D eigenvalue weighted by Gasteiger charge is 2.27. The molecule has 1 aliphatic rings. The fourth-order valence-corrected chi connectivity index (χ4v) is 5.29. The molecular weight excluding hydrogens is 504 g/mol. The van der Waals surface area contributed by atoms with Crippen LogP contribution in [0.4, 0.5) is 0 Å². The Morgan fingerprint density at radius 2 is 1.76 bits per heavy atom. The fourth-order valence-electron chi connectivity index (χ4n) is 5.12. The molecule has 0 aliphatic carbocycles. The topological polar surface area (TPSA) is 97.4 Å². The van der Waals surface area contributed by atoms with Crippen LogP contribution in [0.2, 0.25) is 5.02 Å². The Morgan fingerprint density at radius 3 is 2.45 bits per heavy atom. The maximum atomic E-state index is 13.8. The van der Waals surface area contributed by atoms with Gasteiger partial charge in [0.25, 0.3) is 11.5 Å². The number of Topliss-reactive ketones (excluding diaryl/α,β-unsaturated/α-hetero) is 1. The van der Waals surface area contributed by atoms with Crippen LogP contribution in [0.25, 0.3) is 21.9 Å². The van der Waals surface area contributed by atoms with E-state index in [0.717, 1.165) is 5.56 Å². The van der Waals surface area contributed by atoms with Crippen molar-refractivity contribution in [3.8, 4) is 11.1 Å². The normalized spacial score (nSPS) is 14.3. The van der Waals surface area contributed by atoms with Gasteiger partial charge in [0.15, 0.2) is 5.78 Å². The molecule has 1 fully saturated rings. The number of aryl methyl sites for hydroxylation is 1. The molecule has 0 saturated carbocycles. The van der Waals surface area contributed by atoms with Gasteiger partial charge in [0.2, 0.25) is 0 Å². The summed E-state index contributed by atoms with van der Waals surface area (Å²) in [7, 11) is 1.69. The van der Waals surface area contributed by atoms with Crippen LogP contribution in [0, 0.1) is 0 Å². The molecule has 0 atom stereocenters. The van der Waals surface area contributed by atoms with Gasteiger partial charge in [-0.2, -0.15) is 5.10 Å². The van der Waals surface area contributed by atoms with E-state index in [0.29, 0.717) is 64.4 Å². The number of aliphatic hydroxyl groups excluding tert-OH is 1. The number of aromatic nitrogens is 3. The molecule has 4 aromatic rings. The van der Waals surface area contributed by atoms with Gasteiger partial charge in [0.1, 0.15) is 5.69 Å². The number of hydrogen-bond donors (Lipinski definition) is 1. The zero-order chi connectivity index (χ0) is 27.0. The Bertz CT molecular complexity index is 1580. The number of likely N-dealkylation sites (tertiary alicyclic amines) is 1. The molecule has 9 heteroatoms. The minimum atomic E-state index is -0.385. The van der Waals surface area contributed by atoms with E-state index in [-0.39, 0.29) is 36.3 Å². The van der Waals surface area contributed by atoms with E-state index in [1.54, 1.807) is 43.1 Å². The number of halogens is 1. The van der Waals surface area contributed by atoms with Crippen molar-refractivity contribution < 1.29 is 14.7 Å². The van der Waals surface area contributed by atoms with Crippen molar-refractivity contribution in [1.29, 1.82) is 0 Å². The van der Waals surface area contributed by atoms with Crippen molar-refractivity contribution in [2.24, 2.45) is 7.05 Å². The Hall–Kier alpha value is -3.75. The van der Waals surface area contributed by atoms with Crippen molar-refractivity contribution in [2.75, 3.05) is 13.1 Å². The molecule has 2 aromatic carbocycles. The smallest absolute Gasteiger partial charge is 0.272 e. The van der Waals surface area contributed by atoms with Crippen LogP contribution in [0.1, 0.15) is 52.9 Å². The first-order valence-electron chi connectivity index (χ1n) is 12.7. The Balaban J connectivity index is 1.65. The SMILES string of the molecule is CCC(=O)c1c(-c2ccccc2)c2cc(Cl)ccc2c(=O)n1Cc1cc(C(=O)N2CCC(O)CC2)n(C)n1. The second-order valence-corrected chi connectivity index (χ2v) is 10.1. The van der Waals surface area contributed by atoms with Gasteiger partial charge in [-0.1, -0.05) is 48.9 Å². The van der Waals surface area contributed by atoms with Crippen LogP contribution in [-0.4, -0.2) is 55.2 Å². The number of rotatable bonds is 6.